The van der Waals surface area contributed by atoms with E-state index < -0.39 is 9.84 Å². The maximum Gasteiger partial charge on any atom is 0.180 e. The fourth-order valence-electron chi connectivity index (χ4n) is 1.65. The molecule has 1 aromatic carbocycles. The first-order chi connectivity index (χ1) is 7.00. The number of sulfone groups is 1. The van der Waals surface area contributed by atoms with Crippen LogP contribution in [0.4, 0.5) is 10.1 Å². The van der Waals surface area contributed by atoms with Gasteiger partial charge in [-0.25, -0.2) is 12.8 Å². The summed E-state index contributed by atoms with van der Waals surface area (Å²) in [6.07, 6.45) is 0.553. The second-order valence-corrected chi connectivity index (χ2v) is 5.77. The molecule has 82 valence electrons. The van der Waals surface area contributed by atoms with Gasteiger partial charge < -0.3 is 5.32 Å². The predicted molar refractivity (Wildman–Crippen MR) is 56.3 cm³/mol. The van der Waals surface area contributed by atoms with Gasteiger partial charge in [0.15, 0.2) is 9.84 Å². The molecule has 0 atom stereocenters. The molecule has 0 saturated heterocycles. The minimum atomic E-state index is -3.25. The van der Waals surface area contributed by atoms with Crippen molar-refractivity contribution in [2.24, 2.45) is 0 Å². The minimum Gasteiger partial charge on any atom is -0.384 e. The van der Waals surface area contributed by atoms with Gasteiger partial charge in [-0.05, 0) is 31.0 Å². The van der Waals surface area contributed by atoms with Crippen LogP contribution >= 0.6 is 0 Å². The predicted octanol–water partition coefficient (Wildman–Crippen LogP) is 1.72. The van der Waals surface area contributed by atoms with Crippen LogP contribution in [0.25, 0.3) is 0 Å². The molecule has 1 heterocycles. The summed E-state index contributed by atoms with van der Waals surface area (Å²) in [6.45, 7) is 2.13. The lowest BCUT2D eigenvalue weighted by molar-refractivity contribution is 0.594. The van der Waals surface area contributed by atoms with E-state index in [1.165, 1.54) is 12.1 Å². The minimum absolute atomic E-state index is 0.123. The molecular weight excluding hydrogens is 217 g/mol. The van der Waals surface area contributed by atoms with Crippen LogP contribution in [0.15, 0.2) is 17.0 Å². The molecule has 1 aliphatic heterocycles. The Kier molecular flexibility index (Phi) is 2.42. The fraction of sp³-hybridized carbons (Fsp3) is 0.400. The Hall–Kier alpha value is -1.10. The molecule has 3 nitrogen and oxygen atoms in total. The zero-order valence-corrected chi connectivity index (χ0v) is 9.20. The van der Waals surface area contributed by atoms with Crippen LogP contribution in [-0.2, 0) is 9.84 Å². The molecule has 0 saturated carbocycles. The highest BCUT2D eigenvalue weighted by Crippen LogP contribution is 2.28. The van der Waals surface area contributed by atoms with Gasteiger partial charge in [-0.3, -0.25) is 0 Å². The standard InChI is InChI=1S/C10H12FNO2S/c1-7-5-10-9(6-8(7)11)12-3-2-4-15(10,13)14/h5-6,12H,2-4H2,1H3. The molecule has 0 bridgehead atoms. The third kappa shape index (κ3) is 1.84. The molecule has 0 radical (unpaired) electrons. The largest absolute Gasteiger partial charge is 0.384 e. The summed E-state index contributed by atoms with van der Waals surface area (Å²) >= 11 is 0. The highest BCUT2D eigenvalue weighted by Gasteiger charge is 2.22. The van der Waals surface area contributed by atoms with Crippen molar-refractivity contribution in [2.45, 2.75) is 18.2 Å². The van der Waals surface area contributed by atoms with Gasteiger partial charge in [-0.1, -0.05) is 0 Å². The van der Waals surface area contributed by atoms with Crippen molar-refractivity contribution < 1.29 is 12.8 Å². The van der Waals surface area contributed by atoms with Crippen LogP contribution in [0, 0.1) is 12.7 Å². The summed E-state index contributed by atoms with van der Waals surface area (Å²) < 4.78 is 36.8. The summed E-state index contributed by atoms with van der Waals surface area (Å²) in [5, 5.41) is 2.93. The zero-order valence-electron chi connectivity index (χ0n) is 8.38. The van der Waals surface area contributed by atoms with Crippen LogP contribution in [-0.4, -0.2) is 20.7 Å². The number of hydrogen-bond acceptors (Lipinski definition) is 3. The van der Waals surface area contributed by atoms with Crippen molar-refractivity contribution >= 4 is 15.5 Å². The van der Waals surface area contributed by atoms with Gasteiger partial charge in [-0.15, -0.1) is 0 Å². The van der Waals surface area contributed by atoms with E-state index in [1.807, 2.05) is 0 Å². The molecule has 0 aromatic heterocycles. The smallest absolute Gasteiger partial charge is 0.180 e. The third-order valence-corrected chi connectivity index (χ3v) is 4.34. The van der Waals surface area contributed by atoms with Crippen LogP contribution < -0.4 is 5.32 Å². The second kappa shape index (κ2) is 3.48. The van der Waals surface area contributed by atoms with E-state index in [1.54, 1.807) is 6.92 Å². The first-order valence-electron chi connectivity index (χ1n) is 4.77. The topological polar surface area (TPSA) is 46.2 Å². The molecule has 1 aliphatic rings. The van der Waals surface area contributed by atoms with Crippen molar-refractivity contribution in [2.75, 3.05) is 17.6 Å². The first-order valence-corrected chi connectivity index (χ1v) is 6.43. The molecule has 2 rings (SSSR count). The number of rotatable bonds is 0. The van der Waals surface area contributed by atoms with Gasteiger partial charge in [0.1, 0.15) is 5.82 Å². The summed E-state index contributed by atoms with van der Waals surface area (Å²) in [6, 6.07) is 2.66. The van der Waals surface area contributed by atoms with E-state index in [0.29, 0.717) is 24.2 Å². The van der Waals surface area contributed by atoms with Gasteiger partial charge in [0.2, 0.25) is 0 Å². The number of nitrogens with one attached hydrogen (secondary N) is 1. The summed E-state index contributed by atoms with van der Waals surface area (Å²) in [5.74, 6) is -0.253. The maximum atomic E-state index is 13.3. The normalized spacial score (nSPS) is 18.8. The molecule has 1 aromatic rings. The van der Waals surface area contributed by atoms with Crippen molar-refractivity contribution in [1.29, 1.82) is 0 Å². The Morgan fingerprint density at radius 3 is 2.87 bits per heavy atom. The molecule has 0 spiro atoms. The number of hydrogen-bond donors (Lipinski definition) is 1. The number of aryl methyl sites for hydroxylation is 1. The highest BCUT2D eigenvalue weighted by molar-refractivity contribution is 7.91. The van der Waals surface area contributed by atoms with Gasteiger partial charge >= 0.3 is 0 Å². The van der Waals surface area contributed by atoms with E-state index in [2.05, 4.69) is 5.32 Å². The van der Waals surface area contributed by atoms with E-state index in [9.17, 15) is 12.8 Å². The lowest BCUT2D eigenvalue weighted by atomic mass is 10.2. The summed E-state index contributed by atoms with van der Waals surface area (Å²) in [5.41, 5.74) is 0.747. The maximum absolute atomic E-state index is 13.3. The summed E-state index contributed by atoms with van der Waals surface area (Å²) in [7, 11) is -3.25. The third-order valence-electron chi connectivity index (χ3n) is 2.50. The molecule has 15 heavy (non-hydrogen) atoms. The molecule has 0 aliphatic carbocycles. The SMILES string of the molecule is Cc1cc2c(cc1F)NCCCS2(=O)=O. The molecule has 0 amide bonds. The number of benzene rings is 1. The lowest BCUT2D eigenvalue weighted by Gasteiger charge is -2.08. The van der Waals surface area contributed by atoms with E-state index in [0.717, 1.165) is 0 Å². The van der Waals surface area contributed by atoms with Crippen LogP contribution in [0.1, 0.15) is 12.0 Å². The monoisotopic (exact) mass is 229 g/mol. The molecular formula is C10H12FNO2S. The van der Waals surface area contributed by atoms with Crippen LogP contribution in [0.5, 0.6) is 0 Å². The molecule has 5 heteroatoms. The van der Waals surface area contributed by atoms with Gasteiger partial charge in [0, 0.05) is 6.54 Å². The Morgan fingerprint density at radius 2 is 2.13 bits per heavy atom. The Labute approximate surface area is 88.2 Å². The van der Waals surface area contributed by atoms with Crippen molar-refractivity contribution in [3.63, 3.8) is 0 Å². The highest BCUT2D eigenvalue weighted by atomic mass is 32.2. The number of fused-ring (bicyclic) bond motifs is 1. The number of anilines is 1. The van der Waals surface area contributed by atoms with E-state index in [4.69, 9.17) is 0 Å². The number of halogens is 1. The Morgan fingerprint density at radius 1 is 1.40 bits per heavy atom. The molecule has 1 N–H and O–H groups in total. The van der Waals surface area contributed by atoms with Crippen molar-refractivity contribution in [1.82, 2.24) is 0 Å². The Balaban J connectivity index is 2.68. The summed E-state index contributed by atoms with van der Waals surface area (Å²) in [4.78, 5) is 0.221. The first kappa shape index (κ1) is 10.4. The van der Waals surface area contributed by atoms with E-state index >= 15 is 0 Å². The second-order valence-electron chi connectivity index (χ2n) is 3.70. The van der Waals surface area contributed by atoms with Crippen LogP contribution in [0.2, 0.25) is 0 Å². The van der Waals surface area contributed by atoms with Gasteiger partial charge in [-0.2, -0.15) is 0 Å². The van der Waals surface area contributed by atoms with E-state index in [-0.39, 0.29) is 16.5 Å². The molecule has 0 fully saturated rings. The van der Waals surface area contributed by atoms with Gasteiger partial charge in [0.25, 0.3) is 0 Å². The van der Waals surface area contributed by atoms with Gasteiger partial charge in [0.05, 0.1) is 16.3 Å². The zero-order chi connectivity index (χ0) is 11.1. The van der Waals surface area contributed by atoms with Crippen molar-refractivity contribution in [3.05, 3.63) is 23.5 Å². The van der Waals surface area contributed by atoms with Crippen LogP contribution in [0.3, 0.4) is 0 Å². The van der Waals surface area contributed by atoms with Crippen molar-refractivity contribution in [3.8, 4) is 0 Å². The average molecular weight is 229 g/mol. The average Bonchev–Trinajstić information content (AvgIpc) is 2.29. The lowest BCUT2D eigenvalue weighted by Crippen LogP contribution is -2.06. The Bertz CT molecular complexity index is 496. The molecule has 0 unspecified atom stereocenters. The quantitative estimate of drug-likeness (QED) is 0.689. The fourth-order valence-corrected chi connectivity index (χ4v) is 3.21.